The molecule has 33 heavy (non-hydrogen) atoms. The van der Waals surface area contributed by atoms with E-state index in [0.29, 0.717) is 24.5 Å². The molecule has 1 heterocycles. The normalized spacial score (nSPS) is 19.9. The minimum absolute atomic E-state index is 0.181. The molecule has 0 saturated heterocycles. The van der Waals surface area contributed by atoms with E-state index >= 15 is 0 Å². The zero-order valence-corrected chi connectivity index (χ0v) is 21.6. The van der Waals surface area contributed by atoms with E-state index in [1.807, 2.05) is 27.7 Å². The number of rotatable bonds is 8. The summed E-state index contributed by atoms with van der Waals surface area (Å²) in [5.74, 6) is -1.69. The van der Waals surface area contributed by atoms with Crippen molar-refractivity contribution >= 4 is 29.7 Å². The van der Waals surface area contributed by atoms with Gasteiger partial charge >= 0.3 is 6.09 Å². The summed E-state index contributed by atoms with van der Waals surface area (Å²) >= 11 is 1.42. The lowest BCUT2D eigenvalue weighted by atomic mass is 9.83. The van der Waals surface area contributed by atoms with Gasteiger partial charge in [-0.05, 0) is 46.0 Å². The highest BCUT2D eigenvalue weighted by atomic mass is 32.2. The van der Waals surface area contributed by atoms with Crippen molar-refractivity contribution in [3.63, 3.8) is 0 Å². The van der Waals surface area contributed by atoms with Gasteiger partial charge in [0.2, 0.25) is 17.7 Å². The molecular formula is C23H38N4O5S. The van der Waals surface area contributed by atoms with Gasteiger partial charge in [0.1, 0.15) is 11.5 Å². The molecule has 9 nitrogen and oxygen atoms in total. The number of hydrogen-bond donors (Lipinski definition) is 2. The molecule has 0 radical (unpaired) electrons. The van der Waals surface area contributed by atoms with Crippen LogP contribution in [0.4, 0.5) is 4.79 Å². The summed E-state index contributed by atoms with van der Waals surface area (Å²) in [6.45, 7) is 13.4. The first-order chi connectivity index (χ1) is 15.4. The summed E-state index contributed by atoms with van der Waals surface area (Å²) in [6.07, 6.45) is 2.90. The van der Waals surface area contributed by atoms with Crippen LogP contribution in [0.1, 0.15) is 92.4 Å². The van der Waals surface area contributed by atoms with E-state index in [4.69, 9.17) is 9.15 Å². The van der Waals surface area contributed by atoms with Crippen LogP contribution in [0.5, 0.6) is 0 Å². The van der Waals surface area contributed by atoms with Crippen LogP contribution >= 0.6 is 11.8 Å². The van der Waals surface area contributed by atoms with Gasteiger partial charge in [-0.3, -0.25) is 14.9 Å². The molecule has 2 rings (SSSR count). The van der Waals surface area contributed by atoms with Gasteiger partial charge in [0.15, 0.2) is 0 Å². The van der Waals surface area contributed by atoms with Crippen molar-refractivity contribution < 1.29 is 23.5 Å². The molecule has 3 amide bonds. The Morgan fingerprint density at radius 1 is 1.12 bits per heavy atom. The molecule has 0 spiro atoms. The number of alkyl carbamates (subject to hydrolysis) is 1. The lowest BCUT2D eigenvalue weighted by Crippen LogP contribution is -2.51. The van der Waals surface area contributed by atoms with E-state index in [0.717, 1.165) is 12.8 Å². The minimum Gasteiger partial charge on any atom is -0.444 e. The first-order valence-electron chi connectivity index (χ1n) is 11.7. The van der Waals surface area contributed by atoms with Gasteiger partial charge in [-0.25, -0.2) is 4.79 Å². The van der Waals surface area contributed by atoms with E-state index in [1.165, 1.54) is 11.8 Å². The molecule has 0 bridgehead atoms. The zero-order chi connectivity index (χ0) is 24.8. The average molecular weight is 483 g/mol. The molecule has 2 N–H and O–H groups in total. The molecule has 186 valence electrons. The molecule has 1 aromatic rings. The highest BCUT2D eigenvalue weighted by Gasteiger charge is 2.36. The molecule has 1 fully saturated rings. The highest BCUT2D eigenvalue weighted by Crippen LogP contribution is 2.29. The second-order valence-corrected chi connectivity index (χ2v) is 11.8. The number of thioether (sulfide) groups is 1. The second kappa shape index (κ2) is 11.9. The molecule has 1 aliphatic carbocycles. The number of nitrogens with one attached hydrogen (secondary N) is 2. The van der Waals surface area contributed by atoms with Crippen molar-refractivity contribution in [1.82, 2.24) is 20.8 Å². The first-order valence-corrected chi connectivity index (χ1v) is 12.6. The number of hydrogen-bond acceptors (Lipinski definition) is 8. The van der Waals surface area contributed by atoms with Gasteiger partial charge in [0.25, 0.3) is 5.22 Å². The Hall–Kier alpha value is -2.10. The smallest absolute Gasteiger partial charge is 0.407 e. The van der Waals surface area contributed by atoms with Crippen molar-refractivity contribution in [1.29, 1.82) is 0 Å². The largest absolute Gasteiger partial charge is 0.444 e. The number of carbonyl (C=O) groups is 3. The van der Waals surface area contributed by atoms with Gasteiger partial charge in [0.05, 0.1) is 5.92 Å². The maximum Gasteiger partial charge on any atom is 0.407 e. The Morgan fingerprint density at radius 3 is 2.39 bits per heavy atom. The third kappa shape index (κ3) is 8.98. The summed E-state index contributed by atoms with van der Waals surface area (Å²) in [5, 5.41) is 14.1. The Bertz CT molecular complexity index is 818. The standard InChI is InChI=1S/C23H38N4O5S/c1-13(2)12-16(20-26-27-22(31-20)33-14(3)4)19(29)25-18(28)15-10-8-9-11-17(15)24-21(30)32-23(5,6)7/h13-17H,8-12H2,1-7H3,(H,24,30)(H,25,28,29)/t15-,16-,17+/m1/s1. The number of ether oxygens (including phenoxy) is 1. The molecule has 1 aliphatic rings. The molecule has 1 aromatic heterocycles. The topological polar surface area (TPSA) is 123 Å². The molecule has 3 atom stereocenters. The quantitative estimate of drug-likeness (QED) is 0.522. The molecule has 1 saturated carbocycles. The fourth-order valence-electron chi connectivity index (χ4n) is 3.78. The highest BCUT2D eigenvalue weighted by molar-refractivity contribution is 7.99. The first kappa shape index (κ1) is 27.1. The van der Waals surface area contributed by atoms with Crippen molar-refractivity contribution in [2.24, 2.45) is 11.8 Å². The van der Waals surface area contributed by atoms with E-state index in [-0.39, 0.29) is 23.1 Å². The van der Waals surface area contributed by atoms with Crippen LogP contribution in [0.2, 0.25) is 0 Å². The number of aromatic nitrogens is 2. The van der Waals surface area contributed by atoms with Crippen molar-refractivity contribution in [2.45, 2.75) is 109 Å². The maximum absolute atomic E-state index is 13.1. The third-order valence-corrected chi connectivity index (χ3v) is 5.97. The van der Waals surface area contributed by atoms with Crippen LogP contribution in [-0.4, -0.2) is 45.0 Å². The summed E-state index contributed by atoms with van der Waals surface area (Å²) in [5.41, 5.74) is -0.632. The Balaban J connectivity index is 2.09. The van der Waals surface area contributed by atoms with Gasteiger partial charge in [-0.1, -0.05) is 52.3 Å². The van der Waals surface area contributed by atoms with Gasteiger partial charge in [-0.2, -0.15) is 0 Å². The van der Waals surface area contributed by atoms with Crippen LogP contribution in [0.15, 0.2) is 9.64 Å². The maximum atomic E-state index is 13.1. The van der Waals surface area contributed by atoms with Crippen molar-refractivity contribution in [3.8, 4) is 0 Å². The van der Waals surface area contributed by atoms with E-state index in [1.54, 1.807) is 20.8 Å². The van der Waals surface area contributed by atoms with E-state index in [2.05, 4.69) is 20.8 Å². The number of nitrogens with zero attached hydrogens (tertiary/aromatic N) is 2. The summed E-state index contributed by atoms with van der Waals surface area (Å²) in [7, 11) is 0. The monoisotopic (exact) mass is 482 g/mol. The van der Waals surface area contributed by atoms with Gasteiger partial charge < -0.3 is 14.5 Å². The zero-order valence-electron chi connectivity index (χ0n) is 20.8. The van der Waals surface area contributed by atoms with Crippen LogP contribution in [-0.2, 0) is 14.3 Å². The van der Waals surface area contributed by atoms with Crippen molar-refractivity contribution in [2.75, 3.05) is 0 Å². The number of imide groups is 1. The predicted octanol–water partition coefficient (Wildman–Crippen LogP) is 4.43. The van der Waals surface area contributed by atoms with Crippen LogP contribution in [0.25, 0.3) is 0 Å². The van der Waals surface area contributed by atoms with Gasteiger partial charge in [0, 0.05) is 11.3 Å². The van der Waals surface area contributed by atoms with Crippen LogP contribution < -0.4 is 10.6 Å². The lowest BCUT2D eigenvalue weighted by molar-refractivity contribution is -0.135. The third-order valence-electron chi connectivity index (χ3n) is 5.13. The molecule has 10 heteroatoms. The molecular weight excluding hydrogens is 444 g/mol. The Labute approximate surface area is 200 Å². The summed E-state index contributed by atoms with van der Waals surface area (Å²) in [6, 6.07) is -0.387. The molecule has 0 aliphatic heterocycles. The Kier molecular flexibility index (Phi) is 9.75. The van der Waals surface area contributed by atoms with Crippen LogP contribution in [0.3, 0.4) is 0 Å². The fraction of sp³-hybridized carbons (Fsp3) is 0.783. The lowest BCUT2D eigenvalue weighted by Gasteiger charge is -2.32. The SMILES string of the molecule is CC(C)C[C@H](C(=O)NC(=O)[C@@H]1CCCC[C@@H]1NC(=O)OC(C)(C)C)c1nnc(SC(C)C)o1. The van der Waals surface area contributed by atoms with Crippen molar-refractivity contribution in [3.05, 3.63) is 5.89 Å². The Morgan fingerprint density at radius 2 is 1.79 bits per heavy atom. The average Bonchev–Trinajstić information content (AvgIpc) is 3.12. The van der Waals surface area contributed by atoms with Crippen LogP contribution in [0, 0.1) is 11.8 Å². The molecule has 0 unspecified atom stereocenters. The second-order valence-electron chi connectivity index (χ2n) is 10.3. The van der Waals surface area contributed by atoms with E-state index in [9.17, 15) is 14.4 Å². The summed E-state index contributed by atoms with van der Waals surface area (Å²) < 4.78 is 11.1. The van der Waals surface area contributed by atoms with Gasteiger partial charge in [-0.15, -0.1) is 10.2 Å². The van der Waals surface area contributed by atoms with E-state index < -0.39 is 35.3 Å². The minimum atomic E-state index is -0.719. The number of amides is 3. The molecule has 0 aromatic carbocycles. The number of carbonyl (C=O) groups excluding carboxylic acids is 3. The fourth-order valence-corrected chi connectivity index (χ4v) is 4.40. The summed E-state index contributed by atoms with van der Waals surface area (Å²) in [4.78, 5) is 38.4. The predicted molar refractivity (Wildman–Crippen MR) is 126 cm³/mol.